The molecule has 1 fully saturated rings. The van der Waals surface area contributed by atoms with Crippen LogP contribution in [0.3, 0.4) is 0 Å². The minimum Gasteiger partial charge on any atom is -0.350 e. The van der Waals surface area contributed by atoms with Crippen molar-refractivity contribution in [2.45, 2.75) is 25.2 Å². The Morgan fingerprint density at radius 3 is 3.06 bits per heavy atom. The molecule has 0 saturated carbocycles. The first-order valence-corrected chi connectivity index (χ1v) is 5.49. The fourth-order valence-electron chi connectivity index (χ4n) is 1.81. The van der Waals surface area contributed by atoms with E-state index in [0.29, 0.717) is 19.6 Å². The molecule has 16 heavy (non-hydrogen) atoms. The molecule has 4 heteroatoms. The van der Waals surface area contributed by atoms with Crippen LogP contribution in [0.2, 0.25) is 0 Å². The maximum Gasteiger partial charge on any atom is 0.162 e. The summed E-state index contributed by atoms with van der Waals surface area (Å²) in [5.41, 5.74) is 6.33. The second-order valence-corrected chi connectivity index (χ2v) is 3.93. The van der Waals surface area contributed by atoms with E-state index < -0.39 is 0 Å². The van der Waals surface area contributed by atoms with Crippen molar-refractivity contribution < 1.29 is 13.9 Å². The van der Waals surface area contributed by atoms with E-state index in [-0.39, 0.29) is 18.2 Å². The van der Waals surface area contributed by atoms with Gasteiger partial charge in [0.25, 0.3) is 0 Å². The van der Waals surface area contributed by atoms with Crippen molar-refractivity contribution in [3.05, 3.63) is 35.6 Å². The summed E-state index contributed by atoms with van der Waals surface area (Å²) in [6.07, 6.45) is 1.21. The van der Waals surface area contributed by atoms with Crippen LogP contribution < -0.4 is 5.73 Å². The third kappa shape index (κ3) is 3.01. The Balaban J connectivity index is 1.87. The van der Waals surface area contributed by atoms with Crippen molar-refractivity contribution in [3.63, 3.8) is 0 Å². The molecule has 0 radical (unpaired) electrons. The molecule has 2 unspecified atom stereocenters. The zero-order valence-electron chi connectivity index (χ0n) is 9.06. The molecule has 2 rings (SSSR count). The number of benzene rings is 1. The maximum atomic E-state index is 12.9. The van der Waals surface area contributed by atoms with Crippen molar-refractivity contribution in [2.75, 3.05) is 13.2 Å². The standard InChI is InChI=1S/C12H16FNO2/c13-10-3-1-2-9(6-10)7-12-15-8-11(16-12)4-5-14/h1-3,6,11-12H,4-5,7-8,14H2. The molecule has 2 N–H and O–H groups in total. The molecule has 1 saturated heterocycles. The van der Waals surface area contributed by atoms with Gasteiger partial charge in [-0.3, -0.25) is 0 Å². The minimum atomic E-state index is -0.265. The summed E-state index contributed by atoms with van der Waals surface area (Å²) in [6, 6.07) is 6.49. The SMILES string of the molecule is NCCC1COC(Cc2cccc(F)c2)O1. The van der Waals surface area contributed by atoms with E-state index in [9.17, 15) is 4.39 Å². The van der Waals surface area contributed by atoms with Gasteiger partial charge in [0, 0.05) is 6.42 Å². The molecule has 88 valence electrons. The van der Waals surface area contributed by atoms with Crippen LogP contribution in [0.25, 0.3) is 0 Å². The van der Waals surface area contributed by atoms with Gasteiger partial charge in [-0.15, -0.1) is 0 Å². The molecular formula is C12H16FNO2. The van der Waals surface area contributed by atoms with E-state index in [0.717, 1.165) is 12.0 Å². The Kier molecular flexibility index (Phi) is 3.88. The number of hydrogen-bond donors (Lipinski definition) is 1. The third-order valence-electron chi connectivity index (χ3n) is 2.59. The van der Waals surface area contributed by atoms with Gasteiger partial charge in [-0.2, -0.15) is 0 Å². The highest BCUT2D eigenvalue weighted by Crippen LogP contribution is 2.18. The first-order valence-electron chi connectivity index (χ1n) is 5.49. The predicted molar refractivity (Wildman–Crippen MR) is 58.4 cm³/mol. The average Bonchev–Trinajstić information content (AvgIpc) is 2.66. The molecule has 3 nitrogen and oxygen atoms in total. The number of halogens is 1. The van der Waals surface area contributed by atoms with Crippen LogP contribution in [0.5, 0.6) is 0 Å². The monoisotopic (exact) mass is 225 g/mol. The van der Waals surface area contributed by atoms with Gasteiger partial charge < -0.3 is 15.2 Å². The van der Waals surface area contributed by atoms with Crippen LogP contribution in [-0.4, -0.2) is 25.5 Å². The number of nitrogens with two attached hydrogens (primary N) is 1. The van der Waals surface area contributed by atoms with Crippen LogP contribution >= 0.6 is 0 Å². The number of rotatable bonds is 4. The van der Waals surface area contributed by atoms with Gasteiger partial charge in [0.05, 0.1) is 12.7 Å². The Morgan fingerprint density at radius 2 is 2.31 bits per heavy atom. The molecule has 1 aromatic rings. The third-order valence-corrected chi connectivity index (χ3v) is 2.59. The van der Waals surface area contributed by atoms with E-state index in [1.807, 2.05) is 6.07 Å². The fraction of sp³-hybridized carbons (Fsp3) is 0.500. The lowest BCUT2D eigenvalue weighted by molar-refractivity contribution is -0.0563. The second kappa shape index (κ2) is 5.39. The normalized spacial score (nSPS) is 24.9. The predicted octanol–water partition coefficient (Wildman–Crippen LogP) is 1.46. The summed E-state index contributed by atoms with van der Waals surface area (Å²) in [5, 5.41) is 0. The highest BCUT2D eigenvalue weighted by molar-refractivity contribution is 5.16. The zero-order valence-corrected chi connectivity index (χ0v) is 9.06. The number of ether oxygens (including phenoxy) is 2. The lowest BCUT2D eigenvalue weighted by atomic mass is 10.1. The summed E-state index contributed by atoms with van der Waals surface area (Å²) in [5.74, 6) is -0.228. The molecule has 1 aliphatic rings. The summed E-state index contributed by atoms with van der Waals surface area (Å²) in [4.78, 5) is 0. The Morgan fingerprint density at radius 1 is 1.44 bits per heavy atom. The Bertz CT molecular complexity index is 346. The molecule has 0 spiro atoms. The highest BCUT2D eigenvalue weighted by Gasteiger charge is 2.25. The van der Waals surface area contributed by atoms with Crippen LogP contribution in [0.1, 0.15) is 12.0 Å². The van der Waals surface area contributed by atoms with E-state index in [1.54, 1.807) is 6.07 Å². The smallest absolute Gasteiger partial charge is 0.162 e. The zero-order chi connectivity index (χ0) is 11.4. The first kappa shape index (κ1) is 11.5. The van der Waals surface area contributed by atoms with E-state index in [4.69, 9.17) is 15.2 Å². The highest BCUT2D eigenvalue weighted by atomic mass is 19.1. The van der Waals surface area contributed by atoms with Gasteiger partial charge in [0.2, 0.25) is 0 Å². The molecule has 1 aliphatic heterocycles. The molecule has 0 bridgehead atoms. The topological polar surface area (TPSA) is 44.5 Å². The van der Waals surface area contributed by atoms with Crippen LogP contribution in [0.4, 0.5) is 4.39 Å². The van der Waals surface area contributed by atoms with Crippen molar-refractivity contribution in [1.29, 1.82) is 0 Å². The minimum absolute atomic E-state index is 0.0866. The van der Waals surface area contributed by atoms with Crippen LogP contribution in [0, 0.1) is 5.82 Å². The van der Waals surface area contributed by atoms with Crippen molar-refractivity contribution in [3.8, 4) is 0 Å². The largest absolute Gasteiger partial charge is 0.350 e. The van der Waals surface area contributed by atoms with Crippen molar-refractivity contribution in [2.24, 2.45) is 5.73 Å². The summed E-state index contributed by atoms with van der Waals surface area (Å²) in [7, 11) is 0. The van der Waals surface area contributed by atoms with E-state index in [2.05, 4.69) is 0 Å². The van der Waals surface area contributed by atoms with Crippen molar-refractivity contribution in [1.82, 2.24) is 0 Å². The van der Waals surface area contributed by atoms with Crippen LogP contribution in [0.15, 0.2) is 24.3 Å². The second-order valence-electron chi connectivity index (χ2n) is 3.93. The average molecular weight is 225 g/mol. The molecule has 0 amide bonds. The van der Waals surface area contributed by atoms with Gasteiger partial charge in [0.1, 0.15) is 5.82 Å². The molecule has 0 aliphatic carbocycles. The Labute approximate surface area is 94.3 Å². The lowest BCUT2D eigenvalue weighted by Crippen LogP contribution is -2.17. The summed E-state index contributed by atoms with van der Waals surface area (Å²) in [6.45, 7) is 1.18. The first-order chi connectivity index (χ1) is 7.78. The summed E-state index contributed by atoms with van der Waals surface area (Å²) < 4.78 is 24.0. The quantitative estimate of drug-likeness (QED) is 0.843. The molecule has 1 aromatic carbocycles. The van der Waals surface area contributed by atoms with Gasteiger partial charge in [-0.05, 0) is 30.7 Å². The lowest BCUT2D eigenvalue weighted by Gasteiger charge is -2.10. The van der Waals surface area contributed by atoms with Gasteiger partial charge >= 0.3 is 0 Å². The molecule has 0 aromatic heterocycles. The summed E-state index contributed by atoms with van der Waals surface area (Å²) >= 11 is 0. The molecule has 1 heterocycles. The van der Waals surface area contributed by atoms with Crippen LogP contribution in [-0.2, 0) is 15.9 Å². The molecule has 2 atom stereocenters. The van der Waals surface area contributed by atoms with E-state index >= 15 is 0 Å². The van der Waals surface area contributed by atoms with Gasteiger partial charge in [-0.1, -0.05) is 12.1 Å². The maximum absolute atomic E-state index is 12.9. The van der Waals surface area contributed by atoms with Crippen molar-refractivity contribution >= 4 is 0 Å². The van der Waals surface area contributed by atoms with E-state index in [1.165, 1.54) is 12.1 Å². The fourth-order valence-corrected chi connectivity index (χ4v) is 1.81. The van der Waals surface area contributed by atoms with Gasteiger partial charge in [-0.25, -0.2) is 4.39 Å². The number of hydrogen-bond acceptors (Lipinski definition) is 3. The molecular weight excluding hydrogens is 209 g/mol. The Hall–Kier alpha value is -0.970. The van der Waals surface area contributed by atoms with Gasteiger partial charge in [0.15, 0.2) is 6.29 Å².